The Morgan fingerprint density at radius 3 is 2.06 bits per heavy atom. The second-order valence-electron chi connectivity index (χ2n) is 5.73. The molecule has 0 radical (unpaired) electrons. The van der Waals surface area contributed by atoms with Crippen LogP contribution in [0.3, 0.4) is 0 Å². The molecule has 0 spiro atoms. The first kappa shape index (κ1) is 17.1. The highest BCUT2D eigenvalue weighted by atomic mass is 28.4. The van der Waals surface area contributed by atoms with Crippen LogP contribution in [0.5, 0.6) is 0 Å². The second-order valence-corrected chi connectivity index (χ2v) is 10.5. The molecule has 3 nitrogen and oxygen atoms in total. The van der Waals surface area contributed by atoms with Crippen LogP contribution >= 0.6 is 0 Å². The predicted octanol–water partition coefficient (Wildman–Crippen LogP) is 3.68. The quantitative estimate of drug-likeness (QED) is 0.419. The van der Waals surface area contributed by atoms with Gasteiger partial charge in [-0.25, -0.2) is 0 Å². The van der Waals surface area contributed by atoms with Crippen LogP contribution in [0.4, 0.5) is 0 Å². The van der Waals surface area contributed by atoms with Gasteiger partial charge in [0.1, 0.15) is 6.61 Å². The van der Waals surface area contributed by atoms with Crippen molar-refractivity contribution in [2.75, 3.05) is 13.2 Å². The molecular formula is C14H26O3Si. The van der Waals surface area contributed by atoms with Crippen molar-refractivity contribution in [3.8, 4) is 0 Å². The summed E-state index contributed by atoms with van der Waals surface area (Å²) in [5.74, 6) is -0.259. The molecular weight excluding hydrogens is 244 g/mol. The van der Waals surface area contributed by atoms with Gasteiger partial charge in [0.25, 0.3) is 0 Å². The van der Waals surface area contributed by atoms with Crippen LogP contribution in [0.1, 0.15) is 27.7 Å². The summed E-state index contributed by atoms with van der Waals surface area (Å²) in [7, 11) is -1.64. The molecule has 4 heteroatoms. The number of carbonyl (C=O) groups excluding carboxylic acids is 1. The molecule has 0 aliphatic heterocycles. The van der Waals surface area contributed by atoms with Gasteiger partial charge in [0.15, 0.2) is 8.32 Å². The normalized spacial score (nSPS) is 13.4. The van der Waals surface area contributed by atoms with Crippen molar-refractivity contribution in [2.45, 2.75) is 45.8 Å². The SMILES string of the molecule is CC(=O)OC/C=C/C=C/CO[Si](C)(C)C(C)(C)C. The summed E-state index contributed by atoms with van der Waals surface area (Å²) >= 11 is 0. The van der Waals surface area contributed by atoms with E-state index in [1.165, 1.54) is 6.92 Å². The van der Waals surface area contributed by atoms with Gasteiger partial charge in [0.2, 0.25) is 0 Å². The maximum absolute atomic E-state index is 10.5. The molecule has 0 aliphatic rings. The van der Waals surface area contributed by atoms with Crippen molar-refractivity contribution in [2.24, 2.45) is 0 Å². The molecule has 0 saturated carbocycles. The molecule has 0 rings (SSSR count). The maximum atomic E-state index is 10.5. The van der Waals surface area contributed by atoms with E-state index in [0.717, 1.165) is 0 Å². The highest BCUT2D eigenvalue weighted by Gasteiger charge is 2.36. The van der Waals surface area contributed by atoms with Crippen molar-refractivity contribution in [3.63, 3.8) is 0 Å². The Balaban J connectivity index is 3.88. The molecule has 0 amide bonds. The molecule has 0 heterocycles. The highest BCUT2D eigenvalue weighted by molar-refractivity contribution is 6.74. The minimum atomic E-state index is -1.64. The molecule has 104 valence electrons. The third-order valence-electron chi connectivity index (χ3n) is 3.11. The summed E-state index contributed by atoms with van der Waals surface area (Å²) in [5.41, 5.74) is 0. The van der Waals surface area contributed by atoms with E-state index in [4.69, 9.17) is 9.16 Å². The lowest BCUT2D eigenvalue weighted by Gasteiger charge is -2.35. The van der Waals surface area contributed by atoms with Crippen LogP contribution in [0.15, 0.2) is 24.3 Å². The summed E-state index contributed by atoms with van der Waals surface area (Å²) in [4.78, 5) is 10.5. The van der Waals surface area contributed by atoms with Gasteiger partial charge in [-0.15, -0.1) is 0 Å². The minimum Gasteiger partial charge on any atom is -0.462 e. The van der Waals surface area contributed by atoms with Gasteiger partial charge in [-0.05, 0) is 24.2 Å². The van der Waals surface area contributed by atoms with E-state index >= 15 is 0 Å². The molecule has 0 saturated heterocycles. The van der Waals surface area contributed by atoms with Gasteiger partial charge in [-0.2, -0.15) is 0 Å². The van der Waals surface area contributed by atoms with Gasteiger partial charge in [-0.1, -0.05) is 39.0 Å². The Labute approximate surface area is 112 Å². The second kappa shape index (κ2) is 7.54. The zero-order valence-electron chi connectivity index (χ0n) is 12.4. The fourth-order valence-corrected chi connectivity index (χ4v) is 1.85. The number of ether oxygens (including phenoxy) is 1. The van der Waals surface area contributed by atoms with E-state index in [-0.39, 0.29) is 11.0 Å². The van der Waals surface area contributed by atoms with Crippen molar-refractivity contribution in [1.29, 1.82) is 0 Å². The van der Waals surface area contributed by atoms with E-state index in [0.29, 0.717) is 13.2 Å². The number of allylic oxidation sites excluding steroid dienone is 2. The molecule has 0 atom stereocenters. The summed E-state index contributed by atoms with van der Waals surface area (Å²) in [6.45, 7) is 13.5. The lowest BCUT2D eigenvalue weighted by Crippen LogP contribution is -2.40. The molecule has 0 unspecified atom stereocenters. The number of hydrogen-bond donors (Lipinski definition) is 0. The summed E-state index contributed by atoms with van der Waals surface area (Å²) < 4.78 is 10.7. The van der Waals surface area contributed by atoms with E-state index in [1.54, 1.807) is 6.08 Å². The largest absolute Gasteiger partial charge is 0.462 e. The Kier molecular flexibility index (Phi) is 7.17. The molecule has 0 fully saturated rings. The maximum Gasteiger partial charge on any atom is 0.302 e. The third kappa shape index (κ3) is 7.45. The predicted molar refractivity (Wildman–Crippen MR) is 78.1 cm³/mol. The van der Waals surface area contributed by atoms with E-state index in [2.05, 4.69) is 33.9 Å². The van der Waals surface area contributed by atoms with Gasteiger partial charge in [-0.3, -0.25) is 4.79 Å². The lowest BCUT2D eigenvalue weighted by atomic mass is 10.2. The van der Waals surface area contributed by atoms with Crippen LogP contribution < -0.4 is 0 Å². The minimum absolute atomic E-state index is 0.242. The fraction of sp³-hybridized carbons (Fsp3) is 0.643. The van der Waals surface area contributed by atoms with Crippen LogP contribution in [0, 0.1) is 0 Å². The topological polar surface area (TPSA) is 35.5 Å². The molecule has 0 bridgehead atoms. The summed E-state index contributed by atoms with van der Waals surface area (Å²) in [5, 5.41) is 0.242. The Hall–Kier alpha value is -0.873. The highest BCUT2D eigenvalue weighted by Crippen LogP contribution is 2.36. The van der Waals surface area contributed by atoms with E-state index in [1.807, 2.05) is 18.2 Å². The van der Waals surface area contributed by atoms with Crippen LogP contribution in [0.25, 0.3) is 0 Å². The van der Waals surface area contributed by atoms with Gasteiger partial charge in [0, 0.05) is 6.92 Å². The number of esters is 1. The Morgan fingerprint density at radius 1 is 1.11 bits per heavy atom. The van der Waals surface area contributed by atoms with Gasteiger partial charge < -0.3 is 9.16 Å². The van der Waals surface area contributed by atoms with Gasteiger partial charge >= 0.3 is 5.97 Å². The molecule has 18 heavy (non-hydrogen) atoms. The first-order valence-electron chi connectivity index (χ1n) is 6.26. The fourth-order valence-electron chi connectivity index (χ4n) is 0.907. The monoisotopic (exact) mass is 270 g/mol. The zero-order valence-corrected chi connectivity index (χ0v) is 13.4. The molecule has 0 aromatic heterocycles. The van der Waals surface area contributed by atoms with E-state index in [9.17, 15) is 4.79 Å². The van der Waals surface area contributed by atoms with Crippen molar-refractivity contribution in [3.05, 3.63) is 24.3 Å². The summed E-state index contributed by atoms with van der Waals surface area (Å²) in [6, 6.07) is 0. The molecule has 0 aliphatic carbocycles. The first-order valence-corrected chi connectivity index (χ1v) is 9.16. The van der Waals surface area contributed by atoms with Gasteiger partial charge in [0.05, 0.1) is 6.61 Å². The van der Waals surface area contributed by atoms with Crippen molar-refractivity contribution in [1.82, 2.24) is 0 Å². The number of rotatable bonds is 6. The van der Waals surface area contributed by atoms with Crippen molar-refractivity contribution < 1.29 is 14.0 Å². The van der Waals surface area contributed by atoms with Crippen molar-refractivity contribution >= 4 is 14.3 Å². The zero-order chi connectivity index (χ0) is 14.2. The Bertz CT molecular complexity index is 311. The summed E-state index contributed by atoms with van der Waals surface area (Å²) in [6.07, 6.45) is 7.55. The average Bonchev–Trinajstić information content (AvgIpc) is 2.19. The van der Waals surface area contributed by atoms with Crippen LogP contribution in [-0.4, -0.2) is 27.5 Å². The standard InChI is InChI=1S/C14H26O3Si/c1-13(15)16-11-9-7-8-10-12-17-18(5,6)14(2,3)4/h7-10H,11-12H2,1-6H3/b9-7+,10-8+. The van der Waals surface area contributed by atoms with Crippen LogP contribution in [0.2, 0.25) is 18.1 Å². The van der Waals surface area contributed by atoms with E-state index < -0.39 is 8.32 Å². The molecule has 0 aromatic rings. The Morgan fingerprint density at radius 2 is 1.61 bits per heavy atom. The van der Waals surface area contributed by atoms with Crippen LogP contribution in [-0.2, 0) is 14.0 Å². The number of carbonyl (C=O) groups is 1. The third-order valence-corrected chi connectivity index (χ3v) is 7.61. The molecule has 0 aromatic carbocycles. The lowest BCUT2D eigenvalue weighted by molar-refractivity contribution is -0.139. The average molecular weight is 270 g/mol. The number of hydrogen-bond acceptors (Lipinski definition) is 3. The molecule has 0 N–H and O–H groups in total. The first-order chi connectivity index (χ1) is 8.17. The smallest absolute Gasteiger partial charge is 0.302 e.